The van der Waals surface area contributed by atoms with Crippen LogP contribution in [0.1, 0.15) is 26.3 Å². The summed E-state index contributed by atoms with van der Waals surface area (Å²) in [4.78, 5) is 21.8. The van der Waals surface area contributed by atoms with Crippen LogP contribution in [0.15, 0.2) is 36.4 Å². The molecule has 0 saturated heterocycles. The lowest BCUT2D eigenvalue weighted by atomic mass is 10.1. The Morgan fingerprint density at radius 1 is 1.19 bits per heavy atom. The molecule has 0 radical (unpaired) electrons. The zero-order chi connectivity index (χ0) is 15.4. The van der Waals surface area contributed by atoms with E-state index in [4.69, 9.17) is 33.0 Å². The highest BCUT2D eigenvalue weighted by molar-refractivity contribution is 6.36. The number of carbonyl (C=O) groups excluding carboxylic acids is 1. The van der Waals surface area contributed by atoms with Gasteiger partial charge in [0.25, 0.3) is 0 Å². The lowest BCUT2D eigenvalue weighted by Crippen LogP contribution is -2.01. The van der Waals surface area contributed by atoms with E-state index in [2.05, 4.69) is 0 Å². The Hall–Kier alpha value is -2.04. The maximum atomic E-state index is 11.0. The van der Waals surface area contributed by atoms with Crippen molar-refractivity contribution in [1.29, 1.82) is 0 Å². The van der Waals surface area contributed by atoms with Gasteiger partial charge in [-0.05, 0) is 29.8 Å². The smallest absolute Gasteiger partial charge is 0.335 e. The number of ether oxygens (including phenoxy) is 1. The third-order valence-corrected chi connectivity index (χ3v) is 3.25. The number of aromatic carboxylic acids is 1. The molecule has 2 aromatic carbocycles. The van der Waals surface area contributed by atoms with Crippen LogP contribution in [0.25, 0.3) is 0 Å². The summed E-state index contributed by atoms with van der Waals surface area (Å²) in [6, 6.07) is 9.17. The molecule has 0 fully saturated rings. The van der Waals surface area contributed by atoms with Gasteiger partial charge in [0.15, 0.2) is 6.29 Å². The van der Waals surface area contributed by atoms with Crippen molar-refractivity contribution >= 4 is 35.5 Å². The van der Waals surface area contributed by atoms with Crippen LogP contribution in [0.5, 0.6) is 5.75 Å². The zero-order valence-electron chi connectivity index (χ0n) is 10.7. The highest BCUT2D eigenvalue weighted by Crippen LogP contribution is 2.32. The summed E-state index contributed by atoms with van der Waals surface area (Å²) in [5.74, 6) is -0.746. The molecule has 0 amide bonds. The molecule has 0 unspecified atom stereocenters. The summed E-state index contributed by atoms with van der Waals surface area (Å²) in [6.07, 6.45) is 0.612. The third kappa shape index (κ3) is 3.74. The van der Waals surface area contributed by atoms with Crippen molar-refractivity contribution in [3.8, 4) is 5.75 Å². The van der Waals surface area contributed by atoms with Crippen LogP contribution >= 0.6 is 23.2 Å². The van der Waals surface area contributed by atoms with Crippen LogP contribution in [-0.4, -0.2) is 17.4 Å². The molecule has 21 heavy (non-hydrogen) atoms. The molecule has 0 atom stereocenters. The number of benzene rings is 2. The van der Waals surface area contributed by atoms with Gasteiger partial charge in [-0.3, -0.25) is 4.79 Å². The van der Waals surface area contributed by atoms with Gasteiger partial charge in [0.05, 0.1) is 16.1 Å². The van der Waals surface area contributed by atoms with Gasteiger partial charge in [-0.15, -0.1) is 0 Å². The fourth-order valence-electron chi connectivity index (χ4n) is 1.72. The Balaban J connectivity index is 2.16. The fourth-order valence-corrected chi connectivity index (χ4v) is 2.28. The van der Waals surface area contributed by atoms with Crippen molar-refractivity contribution < 1.29 is 19.4 Å². The first-order chi connectivity index (χ1) is 10.0. The molecule has 108 valence electrons. The highest BCUT2D eigenvalue weighted by Gasteiger charge is 2.11. The zero-order valence-corrected chi connectivity index (χ0v) is 12.2. The lowest BCUT2D eigenvalue weighted by molar-refractivity contribution is 0.0696. The normalized spacial score (nSPS) is 10.2. The van der Waals surface area contributed by atoms with Crippen molar-refractivity contribution in [2.24, 2.45) is 0 Å². The van der Waals surface area contributed by atoms with Gasteiger partial charge in [0.2, 0.25) is 0 Å². The summed E-state index contributed by atoms with van der Waals surface area (Å²) in [5.41, 5.74) is 1.20. The molecule has 0 aliphatic rings. The van der Waals surface area contributed by atoms with Crippen LogP contribution in [0, 0.1) is 0 Å². The Morgan fingerprint density at radius 3 is 2.43 bits per heavy atom. The quantitative estimate of drug-likeness (QED) is 0.841. The van der Waals surface area contributed by atoms with Gasteiger partial charge >= 0.3 is 5.97 Å². The minimum absolute atomic E-state index is 0.155. The summed E-state index contributed by atoms with van der Waals surface area (Å²) < 4.78 is 5.53. The molecule has 1 N–H and O–H groups in total. The lowest BCUT2D eigenvalue weighted by Gasteiger charge is -2.11. The van der Waals surface area contributed by atoms with Crippen LogP contribution in [0.4, 0.5) is 0 Å². The Bertz CT molecular complexity index is 681. The van der Waals surface area contributed by atoms with E-state index in [1.807, 2.05) is 0 Å². The minimum Gasteiger partial charge on any atom is -0.487 e. The van der Waals surface area contributed by atoms with Crippen molar-refractivity contribution in [3.63, 3.8) is 0 Å². The van der Waals surface area contributed by atoms with Crippen molar-refractivity contribution in [2.45, 2.75) is 6.61 Å². The first-order valence-electron chi connectivity index (χ1n) is 5.90. The number of carboxylic acids is 1. The summed E-state index contributed by atoms with van der Waals surface area (Å²) in [7, 11) is 0. The largest absolute Gasteiger partial charge is 0.487 e. The molecular weight excluding hydrogens is 315 g/mol. The second kappa shape index (κ2) is 6.61. The Kier molecular flexibility index (Phi) is 4.83. The van der Waals surface area contributed by atoms with Crippen LogP contribution in [0.2, 0.25) is 10.0 Å². The van der Waals surface area contributed by atoms with Crippen LogP contribution in [-0.2, 0) is 6.61 Å². The average molecular weight is 325 g/mol. The maximum absolute atomic E-state index is 11.0. The van der Waals surface area contributed by atoms with E-state index < -0.39 is 5.97 Å². The van der Waals surface area contributed by atoms with Gasteiger partial charge < -0.3 is 9.84 Å². The van der Waals surface area contributed by atoms with E-state index in [-0.39, 0.29) is 28.5 Å². The maximum Gasteiger partial charge on any atom is 0.335 e. The van der Waals surface area contributed by atoms with Gasteiger partial charge in [0.1, 0.15) is 12.4 Å². The predicted octanol–water partition coefficient (Wildman–Crippen LogP) is 4.08. The number of aldehydes is 1. The van der Waals surface area contributed by atoms with Crippen LogP contribution in [0.3, 0.4) is 0 Å². The van der Waals surface area contributed by atoms with Gasteiger partial charge in [-0.2, -0.15) is 0 Å². The molecule has 2 aromatic rings. The number of hydrogen-bond acceptors (Lipinski definition) is 3. The molecule has 0 bridgehead atoms. The van der Waals surface area contributed by atoms with E-state index in [1.54, 1.807) is 12.1 Å². The van der Waals surface area contributed by atoms with E-state index >= 15 is 0 Å². The molecule has 6 heteroatoms. The van der Waals surface area contributed by atoms with Crippen molar-refractivity contribution in [2.75, 3.05) is 0 Å². The minimum atomic E-state index is -0.994. The number of hydrogen-bond donors (Lipinski definition) is 1. The number of rotatable bonds is 5. The molecule has 0 aromatic heterocycles. The first-order valence-corrected chi connectivity index (χ1v) is 6.66. The molecule has 2 rings (SSSR count). The summed E-state index contributed by atoms with van der Waals surface area (Å²) in [5, 5.41) is 9.40. The molecule has 0 aliphatic carbocycles. The molecular formula is C15H10Cl2O4. The highest BCUT2D eigenvalue weighted by atomic mass is 35.5. The average Bonchev–Trinajstić information content (AvgIpc) is 2.46. The molecule has 4 nitrogen and oxygen atoms in total. The monoisotopic (exact) mass is 324 g/mol. The van der Waals surface area contributed by atoms with Gasteiger partial charge in [-0.25, -0.2) is 4.79 Å². The van der Waals surface area contributed by atoms with Crippen molar-refractivity contribution in [1.82, 2.24) is 0 Å². The van der Waals surface area contributed by atoms with E-state index in [9.17, 15) is 9.59 Å². The first kappa shape index (κ1) is 15.4. The predicted molar refractivity (Wildman–Crippen MR) is 79.6 cm³/mol. The Morgan fingerprint density at radius 2 is 1.86 bits per heavy atom. The second-order valence-corrected chi connectivity index (χ2v) is 5.06. The number of carbonyl (C=O) groups is 2. The van der Waals surface area contributed by atoms with Crippen molar-refractivity contribution in [3.05, 3.63) is 63.1 Å². The number of carboxylic acid groups (broad SMARTS) is 1. The van der Waals surface area contributed by atoms with E-state index in [0.717, 1.165) is 5.56 Å². The summed E-state index contributed by atoms with van der Waals surface area (Å²) in [6.45, 7) is 0.155. The SMILES string of the molecule is O=Cc1cc(Cl)cc(Cl)c1OCc1ccc(C(=O)O)cc1. The molecule has 0 saturated carbocycles. The number of halogens is 2. The molecule has 0 aliphatic heterocycles. The van der Waals surface area contributed by atoms with Crippen LogP contribution < -0.4 is 4.74 Å². The third-order valence-electron chi connectivity index (χ3n) is 2.75. The van der Waals surface area contributed by atoms with Gasteiger partial charge in [0, 0.05) is 5.02 Å². The van der Waals surface area contributed by atoms with Gasteiger partial charge in [-0.1, -0.05) is 35.3 Å². The van der Waals surface area contributed by atoms with E-state index in [1.165, 1.54) is 24.3 Å². The molecule has 0 spiro atoms. The second-order valence-electron chi connectivity index (χ2n) is 4.21. The molecule has 0 heterocycles. The fraction of sp³-hybridized carbons (Fsp3) is 0.0667. The topological polar surface area (TPSA) is 63.6 Å². The standard InChI is InChI=1S/C15H10Cl2O4/c16-12-5-11(7-18)14(13(17)6-12)21-8-9-1-3-10(4-2-9)15(19)20/h1-7H,8H2,(H,19,20). The van der Waals surface area contributed by atoms with E-state index in [0.29, 0.717) is 11.3 Å². The Labute approximate surface area is 130 Å². The summed E-state index contributed by atoms with van der Waals surface area (Å²) >= 11 is 11.8.